The number of halogens is 4. The topological polar surface area (TPSA) is 3.24 Å². The average molecular weight is 364 g/mol. The number of benzene rings is 1. The summed E-state index contributed by atoms with van der Waals surface area (Å²) in [6.45, 7) is 8.38. The van der Waals surface area contributed by atoms with E-state index >= 15 is 0 Å². The Morgan fingerprint density at radius 1 is 1.10 bits per heavy atom. The minimum Gasteiger partial charge on any atom is -0.298 e. The maximum Gasteiger partial charge on any atom is 0.416 e. The van der Waals surface area contributed by atoms with Gasteiger partial charge in [-0.3, -0.25) is 4.90 Å². The molecule has 1 heterocycles. The van der Waals surface area contributed by atoms with E-state index in [0.717, 1.165) is 42.0 Å². The van der Waals surface area contributed by atoms with E-state index in [2.05, 4.69) is 41.6 Å². The number of likely N-dealkylation sites (tertiary alicyclic amines) is 1. The van der Waals surface area contributed by atoms with Crippen molar-refractivity contribution in [2.75, 3.05) is 13.1 Å². The molecule has 0 aromatic heterocycles. The van der Waals surface area contributed by atoms with Gasteiger partial charge in [-0.15, -0.1) is 0 Å². The minimum atomic E-state index is -4.28. The van der Waals surface area contributed by atoms with Crippen LogP contribution in [0.4, 0.5) is 13.2 Å². The molecular formula is C16H21BrF3N. The van der Waals surface area contributed by atoms with E-state index in [1.807, 2.05) is 0 Å². The molecule has 5 heteroatoms. The Bertz CT molecular complexity index is 497. The van der Waals surface area contributed by atoms with Crippen LogP contribution < -0.4 is 0 Å². The van der Waals surface area contributed by atoms with Crippen LogP contribution >= 0.6 is 15.9 Å². The first-order chi connectivity index (χ1) is 9.59. The molecule has 2 rings (SSSR count). The Morgan fingerprint density at radius 2 is 1.67 bits per heavy atom. The molecule has 1 saturated heterocycles. The molecule has 0 N–H and O–H groups in total. The molecule has 21 heavy (non-hydrogen) atoms. The SMILES string of the molecule is CC(C)(C)N1CCC(c2cc(C(F)(F)F)ccc2Br)CC1. The Kier molecular flexibility index (Phi) is 4.74. The predicted molar refractivity (Wildman–Crippen MR) is 82.4 cm³/mol. The first-order valence-electron chi connectivity index (χ1n) is 7.21. The fraction of sp³-hybridized carbons (Fsp3) is 0.625. The summed E-state index contributed by atoms with van der Waals surface area (Å²) in [5.41, 5.74) is 0.355. The van der Waals surface area contributed by atoms with Gasteiger partial charge in [0, 0.05) is 10.0 Å². The lowest BCUT2D eigenvalue weighted by atomic mass is 9.87. The average Bonchev–Trinajstić information content (AvgIpc) is 2.37. The third-order valence-electron chi connectivity index (χ3n) is 4.21. The second-order valence-corrected chi connectivity index (χ2v) is 7.52. The van der Waals surface area contributed by atoms with Crippen molar-refractivity contribution in [2.45, 2.75) is 51.2 Å². The monoisotopic (exact) mass is 363 g/mol. The molecule has 0 spiro atoms. The summed E-state index contributed by atoms with van der Waals surface area (Å²) in [6.07, 6.45) is -2.48. The van der Waals surface area contributed by atoms with E-state index in [-0.39, 0.29) is 11.5 Å². The molecule has 0 amide bonds. The number of rotatable bonds is 1. The zero-order valence-corrected chi connectivity index (χ0v) is 14.2. The van der Waals surface area contributed by atoms with Gasteiger partial charge in [0.25, 0.3) is 0 Å². The molecular weight excluding hydrogens is 343 g/mol. The van der Waals surface area contributed by atoms with E-state index in [9.17, 15) is 13.2 Å². The minimum absolute atomic E-state index is 0.121. The Labute approximate surface area is 132 Å². The first kappa shape index (κ1) is 16.8. The molecule has 1 fully saturated rings. The quantitative estimate of drug-likeness (QED) is 0.641. The van der Waals surface area contributed by atoms with E-state index in [1.165, 1.54) is 12.1 Å². The summed E-state index contributed by atoms with van der Waals surface area (Å²) >= 11 is 3.41. The van der Waals surface area contributed by atoms with Gasteiger partial charge in [-0.2, -0.15) is 13.2 Å². The summed E-state index contributed by atoms with van der Waals surface area (Å²) in [4.78, 5) is 2.39. The zero-order chi connectivity index (χ0) is 15.8. The van der Waals surface area contributed by atoms with Gasteiger partial charge in [0.05, 0.1) is 5.56 Å². The highest BCUT2D eigenvalue weighted by Crippen LogP contribution is 2.38. The number of nitrogens with zero attached hydrogens (tertiary/aromatic N) is 1. The van der Waals surface area contributed by atoms with Crippen molar-refractivity contribution < 1.29 is 13.2 Å². The van der Waals surface area contributed by atoms with Crippen LogP contribution in [0.15, 0.2) is 22.7 Å². The van der Waals surface area contributed by atoms with Crippen molar-refractivity contribution in [1.29, 1.82) is 0 Å². The maximum absolute atomic E-state index is 12.9. The zero-order valence-electron chi connectivity index (χ0n) is 12.6. The van der Waals surface area contributed by atoms with Gasteiger partial charge in [0.2, 0.25) is 0 Å². The van der Waals surface area contributed by atoms with Gasteiger partial charge >= 0.3 is 6.18 Å². The van der Waals surface area contributed by atoms with Crippen molar-refractivity contribution in [3.8, 4) is 0 Å². The fourth-order valence-electron chi connectivity index (χ4n) is 2.89. The number of hydrogen-bond acceptors (Lipinski definition) is 1. The lowest BCUT2D eigenvalue weighted by molar-refractivity contribution is -0.137. The summed E-state index contributed by atoms with van der Waals surface area (Å²) in [6, 6.07) is 3.97. The fourth-order valence-corrected chi connectivity index (χ4v) is 3.46. The smallest absolute Gasteiger partial charge is 0.298 e. The van der Waals surface area contributed by atoms with Gasteiger partial charge < -0.3 is 0 Å². The molecule has 0 aliphatic carbocycles. The van der Waals surface area contributed by atoms with Crippen LogP contribution in [0.1, 0.15) is 50.7 Å². The normalized spacial score (nSPS) is 19.0. The summed E-state index contributed by atoms with van der Waals surface area (Å²) in [5, 5.41) is 0. The maximum atomic E-state index is 12.9. The third-order valence-corrected chi connectivity index (χ3v) is 4.93. The summed E-state index contributed by atoms with van der Waals surface area (Å²) < 4.78 is 39.4. The van der Waals surface area contributed by atoms with Crippen molar-refractivity contribution in [3.63, 3.8) is 0 Å². The van der Waals surface area contributed by atoms with Crippen molar-refractivity contribution in [3.05, 3.63) is 33.8 Å². The van der Waals surface area contributed by atoms with E-state index < -0.39 is 11.7 Å². The molecule has 1 aliphatic heterocycles. The summed E-state index contributed by atoms with van der Waals surface area (Å²) in [5.74, 6) is 0.195. The van der Waals surface area contributed by atoms with Crippen LogP contribution in [0.25, 0.3) is 0 Å². The van der Waals surface area contributed by atoms with Crippen LogP contribution in [0.2, 0.25) is 0 Å². The van der Waals surface area contributed by atoms with Crippen LogP contribution in [0.3, 0.4) is 0 Å². The molecule has 0 saturated carbocycles. The first-order valence-corrected chi connectivity index (χ1v) is 8.00. The van der Waals surface area contributed by atoms with Crippen LogP contribution in [-0.4, -0.2) is 23.5 Å². The largest absolute Gasteiger partial charge is 0.416 e. The standard InChI is InChI=1S/C16H21BrF3N/c1-15(2,3)21-8-6-11(7-9-21)13-10-12(16(18,19)20)4-5-14(13)17/h4-5,10-11H,6-9H2,1-3H3. The van der Waals surface area contributed by atoms with Crippen LogP contribution in [-0.2, 0) is 6.18 Å². The van der Waals surface area contributed by atoms with Crippen molar-refractivity contribution in [2.24, 2.45) is 0 Å². The summed E-state index contributed by atoms with van der Waals surface area (Å²) in [7, 11) is 0. The molecule has 118 valence electrons. The predicted octanol–water partition coefficient (Wildman–Crippen LogP) is 5.45. The van der Waals surface area contributed by atoms with Gasteiger partial charge in [-0.05, 0) is 76.4 Å². The van der Waals surface area contributed by atoms with Gasteiger partial charge in [-0.1, -0.05) is 15.9 Å². The number of hydrogen-bond donors (Lipinski definition) is 0. The number of alkyl halides is 3. The molecule has 1 aliphatic rings. The van der Waals surface area contributed by atoms with E-state index in [0.29, 0.717) is 0 Å². The highest BCUT2D eigenvalue weighted by molar-refractivity contribution is 9.10. The number of piperidine rings is 1. The molecule has 1 aromatic carbocycles. The molecule has 0 radical (unpaired) electrons. The molecule has 1 aromatic rings. The lowest BCUT2D eigenvalue weighted by Gasteiger charge is -2.41. The molecule has 0 bridgehead atoms. The van der Waals surface area contributed by atoms with Crippen LogP contribution in [0.5, 0.6) is 0 Å². The van der Waals surface area contributed by atoms with E-state index in [1.54, 1.807) is 0 Å². The van der Waals surface area contributed by atoms with Gasteiger partial charge in [-0.25, -0.2) is 0 Å². The van der Waals surface area contributed by atoms with Crippen molar-refractivity contribution in [1.82, 2.24) is 4.90 Å². The Hall–Kier alpha value is -0.550. The van der Waals surface area contributed by atoms with Crippen molar-refractivity contribution >= 4 is 15.9 Å². The highest BCUT2D eigenvalue weighted by atomic mass is 79.9. The Morgan fingerprint density at radius 3 is 2.14 bits per heavy atom. The second kappa shape index (κ2) is 5.92. The van der Waals surface area contributed by atoms with Gasteiger partial charge in [0.1, 0.15) is 0 Å². The molecule has 0 unspecified atom stereocenters. The highest BCUT2D eigenvalue weighted by Gasteiger charge is 2.33. The Balaban J connectivity index is 2.17. The van der Waals surface area contributed by atoms with E-state index in [4.69, 9.17) is 0 Å². The second-order valence-electron chi connectivity index (χ2n) is 6.67. The third kappa shape index (κ3) is 4.01. The van der Waals surface area contributed by atoms with Gasteiger partial charge in [0.15, 0.2) is 0 Å². The molecule has 0 atom stereocenters. The molecule has 1 nitrogen and oxygen atoms in total. The van der Waals surface area contributed by atoms with Crippen LogP contribution in [0, 0.1) is 0 Å². The lowest BCUT2D eigenvalue weighted by Crippen LogP contribution is -2.45.